The fraction of sp³-hybridized carbons (Fsp3) is 0.585. The molecule has 4 aliphatic rings. The van der Waals surface area contributed by atoms with E-state index in [2.05, 4.69) is 4.98 Å². The minimum Gasteiger partial charge on any atom is -0.472 e. The third-order valence-electron chi connectivity index (χ3n) is 11.9. The zero-order valence-corrected chi connectivity index (χ0v) is 35.0. The van der Waals surface area contributed by atoms with Crippen molar-refractivity contribution in [2.75, 3.05) is 13.2 Å². The quantitative estimate of drug-likeness (QED) is 0.275. The van der Waals surface area contributed by atoms with Crippen LogP contribution >= 0.6 is 0 Å². The monoisotopic (exact) mass is 873 g/mol. The molecule has 336 valence electrons. The fourth-order valence-corrected chi connectivity index (χ4v) is 9.53. The summed E-state index contributed by atoms with van der Waals surface area (Å²) in [6.07, 6.45) is -10.1. The highest BCUT2D eigenvalue weighted by molar-refractivity contribution is 5.91. The van der Waals surface area contributed by atoms with Crippen LogP contribution in [0.5, 0.6) is 0 Å². The van der Waals surface area contributed by atoms with Gasteiger partial charge < -0.3 is 57.3 Å². The lowest BCUT2D eigenvalue weighted by Crippen LogP contribution is -2.89. The molecule has 6 rings (SSSR count). The van der Waals surface area contributed by atoms with Gasteiger partial charge in [-0.25, -0.2) is 14.4 Å². The average molecular weight is 874 g/mol. The Balaban J connectivity index is 1.79. The molecule has 21 heteroatoms. The standard InChI is InChI=1S/C41H47NO20/c1-19(43)54-18-40-32(58-22(4)46)28(56-20(2)44)27-30(57-21(3)45)41(40)39(8,52)31(29(33(40)59-23(5)47)60-34(48)24-12-15-53-16-24)61-36(50)37(6,51)13-11-26-25(10-9-14-42-26)35(49)55-17-38(27,7)62-41/h9-10,12,14-16,27-33,51-52H,11,13,17-18H2,1-8H3/t27-,28-,29+,30-,31-,32-,33-,37+,38-,39+,40-,41+/m0/s1. The van der Waals surface area contributed by atoms with Crippen LogP contribution < -0.4 is 0 Å². The van der Waals surface area contributed by atoms with Crippen molar-refractivity contribution in [2.24, 2.45) is 11.3 Å². The Kier molecular flexibility index (Phi) is 12.1. The molecule has 1 spiro atoms. The van der Waals surface area contributed by atoms with Crippen LogP contribution in [0.2, 0.25) is 0 Å². The molecule has 0 aromatic carbocycles. The first-order valence-electron chi connectivity index (χ1n) is 19.5. The lowest BCUT2D eigenvalue weighted by atomic mass is 9.45. The predicted octanol–water partition coefficient (Wildman–Crippen LogP) is 0.864. The first kappa shape index (κ1) is 45.6. The van der Waals surface area contributed by atoms with Crippen LogP contribution in [0.1, 0.15) is 88.2 Å². The van der Waals surface area contributed by atoms with Crippen LogP contribution in [0, 0.1) is 11.3 Å². The van der Waals surface area contributed by atoms with Gasteiger partial charge in [0.05, 0.1) is 29.0 Å². The van der Waals surface area contributed by atoms with Gasteiger partial charge in [-0.2, -0.15) is 0 Å². The number of ether oxygens (including phenoxy) is 9. The number of nitrogens with zero attached hydrogens (tertiary/aromatic N) is 1. The Hall–Kier alpha value is -5.93. The van der Waals surface area contributed by atoms with Crippen molar-refractivity contribution in [1.82, 2.24) is 4.98 Å². The molecule has 0 radical (unpaired) electrons. The Labute approximate surface area is 353 Å². The Morgan fingerprint density at radius 1 is 0.806 bits per heavy atom. The van der Waals surface area contributed by atoms with Crippen LogP contribution in [-0.2, 0) is 77.8 Å². The molecule has 2 aliphatic carbocycles. The van der Waals surface area contributed by atoms with Crippen molar-refractivity contribution in [3.63, 3.8) is 0 Å². The molecule has 2 aromatic heterocycles. The van der Waals surface area contributed by atoms with Gasteiger partial charge >= 0.3 is 47.8 Å². The van der Waals surface area contributed by atoms with E-state index in [1.807, 2.05) is 0 Å². The zero-order valence-electron chi connectivity index (χ0n) is 35.0. The van der Waals surface area contributed by atoms with Crippen molar-refractivity contribution in [1.29, 1.82) is 0 Å². The summed E-state index contributed by atoms with van der Waals surface area (Å²) in [6.45, 7) is 6.25. The first-order chi connectivity index (χ1) is 28.9. The van der Waals surface area contributed by atoms with Crippen LogP contribution in [-0.4, -0.2) is 135 Å². The minimum atomic E-state index is -3.00. The van der Waals surface area contributed by atoms with Gasteiger partial charge in [0.25, 0.3) is 0 Å². The highest BCUT2D eigenvalue weighted by Gasteiger charge is 2.92. The van der Waals surface area contributed by atoms with Gasteiger partial charge in [0, 0.05) is 40.8 Å². The number of carbonyl (C=O) groups is 8. The summed E-state index contributed by atoms with van der Waals surface area (Å²) >= 11 is 0. The molecule has 2 N–H and O–H groups in total. The number of aliphatic hydroxyl groups is 2. The van der Waals surface area contributed by atoms with Crippen molar-refractivity contribution in [3.05, 3.63) is 53.7 Å². The topological polar surface area (TPSA) is 286 Å². The number of carbonyl (C=O) groups excluding carboxylic acids is 8. The number of cyclic esters (lactones) is 1. The lowest BCUT2D eigenvalue weighted by Gasteiger charge is -2.67. The number of aromatic nitrogens is 1. The summed E-state index contributed by atoms with van der Waals surface area (Å²) in [5, 5.41) is 25.3. The maximum absolute atomic E-state index is 14.4. The molecule has 21 nitrogen and oxygen atoms in total. The Morgan fingerprint density at radius 2 is 1.42 bits per heavy atom. The first-order valence-corrected chi connectivity index (χ1v) is 19.5. The molecule has 62 heavy (non-hydrogen) atoms. The number of pyridine rings is 1. The maximum Gasteiger partial charge on any atom is 0.341 e. The number of furan rings is 1. The summed E-state index contributed by atoms with van der Waals surface area (Å²) in [5.74, 6) is -10.7. The van der Waals surface area contributed by atoms with Crippen molar-refractivity contribution in [2.45, 2.75) is 127 Å². The molecular weight excluding hydrogens is 826 g/mol. The normalized spacial score (nSPS) is 36.3. The van der Waals surface area contributed by atoms with E-state index in [4.69, 9.17) is 47.0 Å². The van der Waals surface area contributed by atoms with Crippen molar-refractivity contribution < 1.29 is 95.6 Å². The maximum atomic E-state index is 14.4. The van der Waals surface area contributed by atoms with Gasteiger partial charge in [0.2, 0.25) is 0 Å². The third kappa shape index (κ3) is 7.54. The third-order valence-corrected chi connectivity index (χ3v) is 11.9. The summed E-state index contributed by atoms with van der Waals surface area (Å²) < 4.78 is 59.6. The van der Waals surface area contributed by atoms with Crippen molar-refractivity contribution in [3.8, 4) is 0 Å². The van der Waals surface area contributed by atoms with E-state index in [1.165, 1.54) is 31.3 Å². The van der Waals surface area contributed by atoms with Gasteiger partial charge in [-0.1, -0.05) is 0 Å². The van der Waals surface area contributed by atoms with E-state index in [9.17, 15) is 48.6 Å². The van der Waals surface area contributed by atoms with E-state index in [-0.39, 0.29) is 23.2 Å². The molecule has 4 heterocycles. The molecular formula is C41H47NO20. The minimum absolute atomic E-state index is 0.0776. The second-order valence-corrected chi connectivity index (χ2v) is 16.4. The van der Waals surface area contributed by atoms with E-state index in [0.29, 0.717) is 0 Å². The van der Waals surface area contributed by atoms with Gasteiger partial charge in [-0.3, -0.25) is 29.0 Å². The highest BCUT2D eigenvalue weighted by Crippen LogP contribution is 2.70. The number of hydrogen-bond acceptors (Lipinski definition) is 21. The van der Waals surface area contributed by atoms with E-state index in [0.717, 1.165) is 61.0 Å². The average Bonchev–Trinajstić information content (AvgIpc) is 3.79. The Morgan fingerprint density at radius 3 is 2.00 bits per heavy atom. The summed E-state index contributed by atoms with van der Waals surface area (Å²) in [4.78, 5) is 113. The van der Waals surface area contributed by atoms with E-state index in [1.54, 1.807) is 0 Å². The van der Waals surface area contributed by atoms with E-state index < -0.39 is 138 Å². The molecule has 12 atom stereocenters. The highest BCUT2D eigenvalue weighted by atomic mass is 16.7. The molecule has 2 aliphatic heterocycles. The van der Waals surface area contributed by atoms with E-state index >= 15 is 0 Å². The molecule has 3 fully saturated rings. The molecule has 2 saturated carbocycles. The Bertz CT molecular complexity index is 2150. The lowest BCUT2D eigenvalue weighted by molar-refractivity contribution is -0.386. The van der Waals surface area contributed by atoms with Gasteiger partial charge in [-0.15, -0.1) is 0 Å². The molecule has 4 bridgehead atoms. The molecule has 0 unspecified atom stereocenters. The van der Waals surface area contributed by atoms with Gasteiger partial charge in [0.15, 0.2) is 35.6 Å². The number of rotatable bonds is 8. The largest absolute Gasteiger partial charge is 0.472 e. The molecule has 1 saturated heterocycles. The molecule has 0 amide bonds. The van der Waals surface area contributed by atoms with Crippen LogP contribution in [0.4, 0.5) is 0 Å². The fourth-order valence-electron chi connectivity index (χ4n) is 9.53. The smallest absolute Gasteiger partial charge is 0.341 e. The molecule has 2 aromatic rings. The van der Waals surface area contributed by atoms with Gasteiger partial charge in [-0.05, 0) is 51.8 Å². The number of hydrogen-bond donors (Lipinski definition) is 2. The number of aryl methyl sites for hydroxylation is 1. The number of esters is 8. The summed E-state index contributed by atoms with van der Waals surface area (Å²) in [6, 6.07) is 3.99. The van der Waals surface area contributed by atoms with Gasteiger partial charge in [0.1, 0.15) is 48.3 Å². The van der Waals surface area contributed by atoms with Crippen LogP contribution in [0.25, 0.3) is 0 Å². The summed E-state index contributed by atoms with van der Waals surface area (Å²) in [7, 11) is 0. The van der Waals surface area contributed by atoms with Crippen LogP contribution in [0.3, 0.4) is 0 Å². The van der Waals surface area contributed by atoms with Crippen LogP contribution in [0.15, 0.2) is 41.3 Å². The second kappa shape index (κ2) is 16.4. The van der Waals surface area contributed by atoms with Crippen molar-refractivity contribution >= 4 is 47.8 Å². The SMILES string of the molecule is CC(=O)OC[C@@]12[C@@H](OC(C)=O)[C@@H](OC(C)=O)[C@H]3[C@H](OC(C)=O)[C@]14O[C@@]3(C)COC(=O)c1cccnc1CC[C@@](C)(O)C(=O)O[C@@H]([C@@H](OC(=O)c1ccoc1)[C@@H]2OC(C)=O)[C@@]4(C)O. The predicted molar refractivity (Wildman–Crippen MR) is 199 cm³/mol. The number of fused-ring (bicyclic) bond motifs is 5. The summed E-state index contributed by atoms with van der Waals surface area (Å²) in [5.41, 5.74) is -13.5. The second-order valence-electron chi connectivity index (χ2n) is 16.4. The zero-order chi connectivity index (χ0) is 45.7.